The van der Waals surface area contributed by atoms with Crippen molar-refractivity contribution < 1.29 is 24.9 Å². The van der Waals surface area contributed by atoms with Crippen LogP contribution in [0.4, 0.5) is 0 Å². The third kappa shape index (κ3) is 8.48. The summed E-state index contributed by atoms with van der Waals surface area (Å²) in [5, 5.41) is 27.9. The summed E-state index contributed by atoms with van der Waals surface area (Å²) in [5.74, 6) is 0.376. The lowest BCUT2D eigenvalue weighted by Crippen LogP contribution is -2.41. The minimum Gasteiger partial charge on any atom is -0.390 e. The van der Waals surface area contributed by atoms with Gasteiger partial charge in [-0.05, 0) is 17.6 Å². The Morgan fingerprint density at radius 3 is 2.21 bits per heavy atom. The van der Waals surface area contributed by atoms with Crippen LogP contribution in [0.3, 0.4) is 0 Å². The van der Waals surface area contributed by atoms with Gasteiger partial charge in [-0.1, -0.05) is 56.2 Å². The Morgan fingerprint density at radius 2 is 1.83 bits per heavy atom. The molecule has 0 radical (unpaired) electrons. The van der Waals surface area contributed by atoms with E-state index in [-0.39, 0.29) is 23.6 Å². The van der Waals surface area contributed by atoms with Crippen LogP contribution in [-0.4, -0.2) is 44.9 Å². The average molecular weight is 360 g/mol. The summed E-state index contributed by atoms with van der Waals surface area (Å²) < 4.78 is 0. The summed E-state index contributed by atoms with van der Waals surface area (Å²) in [6.45, 7) is 7.82. The second-order valence-electron chi connectivity index (χ2n) is 6.70. The highest BCUT2D eigenvalue weighted by Gasteiger charge is 2.31. The molecule has 3 N–H and O–H groups in total. The molecule has 5 nitrogen and oxygen atoms in total. The molecule has 0 bridgehead atoms. The van der Waals surface area contributed by atoms with Crippen LogP contribution in [0.5, 0.6) is 0 Å². The maximum absolute atomic E-state index is 11.5. The molecule has 0 aliphatic heterocycles. The van der Waals surface area contributed by atoms with Gasteiger partial charge >= 0.3 is 0 Å². The standard InChI is InChI=1S/C10H16O4.C8H17OP/c1-5(2)9(13)6-3-7(11)10(14)8(12)4-6;1-3-5-7(4-2)6-8(9)10/h3,5,7-8,10-12,14H,4H2,1-2H3;7H,3-6,10H2,1-2H3. The predicted octanol–water partition coefficient (Wildman–Crippen LogP) is 2.23. The first kappa shape index (κ1) is 23.4. The van der Waals surface area contributed by atoms with Crippen molar-refractivity contribution in [1.29, 1.82) is 0 Å². The van der Waals surface area contributed by atoms with Crippen LogP contribution < -0.4 is 0 Å². The average Bonchev–Trinajstić information content (AvgIpc) is 2.51. The van der Waals surface area contributed by atoms with E-state index >= 15 is 0 Å². The Morgan fingerprint density at radius 1 is 1.25 bits per heavy atom. The molecule has 6 heteroatoms. The van der Waals surface area contributed by atoms with E-state index in [2.05, 4.69) is 23.1 Å². The fourth-order valence-electron chi connectivity index (χ4n) is 2.64. The molecule has 5 unspecified atom stereocenters. The molecule has 0 saturated carbocycles. The molecule has 24 heavy (non-hydrogen) atoms. The monoisotopic (exact) mass is 360 g/mol. The largest absolute Gasteiger partial charge is 0.390 e. The number of Topliss-reactive ketones (excluding diaryl/α,β-unsaturated/α-hetero) is 1. The van der Waals surface area contributed by atoms with E-state index < -0.39 is 18.3 Å². The Kier molecular flexibility index (Phi) is 11.6. The Balaban J connectivity index is 0.000000470. The summed E-state index contributed by atoms with van der Waals surface area (Å²) in [4.78, 5) is 22.2. The van der Waals surface area contributed by atoms with Crippen LogP contribution in [0.2, 0.25) is 0 Å². The lowest BCUT2D eigenvalue weighted by atomic mass is 9.87. The highest BCUT2D eigenvalue weighted by atomic mass is 31.0. The van der Waals surface area contributed by atoms with E-state index in [1.807, 2.05) is 0 Å². The topological polar surface area (TPSA) is 94.8 Å². The maximum atomic E-state index is 11.5. The minimum absolute atomic E-state index is 0.0880. The number of rotatable bonds is 7. The van der Waals surface area contributed by atoms with Gasteiger partial charge in [0.2, 0.25) is 0 Å². The van der Waals surface area contributed by atoms with Crippen LogP contribution in [0, 0.1) is 11.8 Å². The van der Waals surface area contributed by atoms with Crippen molar-refractivity contribution >= 4 is 20.5 Å². The number of carbonyl (C=O) groups is 2. The van der Waals surface area contributed by atoms with E-state index in [0.29, 0.717) is 11.5 Å². The fraction of sp³-hybridized carbons (Fsp3) is 0.778. The molecule has 1 aliphatic carbocycles. The Bertz CT molecular complexity index is 433. The highest BCUT2D eigenvalue weighted by Crippen LogP contribution is 2.22. The molecule has 0 spiro atoms. The van der Waals surface area contributed by atoms with Crippen LogP contribution >= 0.6 is 9.24 Å². The van der Waals surface area contributed by atoms with Crippen LogP contribution in [0.15, 0.2) is 11.6 Å². The number of hydrogen-bond acceptors (Lipinski definition) is 5. The third-order valence-corrected chi connectivity index (χ3v) is 4.39. The molecular formula is C18H33O5P. The second-order valence-corrected chi connectivity index (χ2v) is 7.34. The zero-order valence-corrected chi connectivity index (χ0v) is 16.4. The van der Waals surface area contributed by atoms with Gasteiger partial charge in [0.25, 0.3) is 0 Å². The first-order valence-electron chi connectivity index (χ1n) is 8.71. The summed E-state index contributed by atoms with van der Waals surface area (Å²) in [5.41, 5.74) is 0.658. The zero-order chi connectivity index (χ0) is 18.9. The van der Waals surface area contributed by atoms with Crippen LogP contribution in [-0.2, 0) is 9.59 Å². The van der Waals surface area contributed by atoms with Crippen LogP contribution in [0.1, 0.15) is 59.8 Å². The SMILES string of the molecule is CC(C)C(=O)C1=CC(O)C(O)C(O)C1.CCCC(CC)CC(=O)P. The molecule has 0 aromatic heterocycles. The van der Waals surface area contributed by atoms with Gasteiger partial charge in [0.1, 0.15) is 17.7 Å². The third-order valence-electron chi connectivity index (χ3n) is 4.15. The normalized spacial score (nSPS) is 24.7. The predicted molar refractivity (Wildman–Crippen MR) is 98.6 cm³/mol. The van der Waals surface area contributed by atoms with Crippen molar-refractivity contribution in [3.05, 3.63) is 11.6 Å². The van der Waals surface area contributed by atoms with Crippen molar-refractivity contribution in [1.82, 2.24) is 0 Å². The number of aliphatic hydroxyl groups excluding tert-OH is 3. The molecule has 0 heterocycles. The van der Waals surface area contributed by atoms with Crippen LogP contribution in [0.25, 0.3) is 0 Å². The first-order chi connectivity index (χ1) is 11.1. The first-order valence-corrected chi connectivity index (χ1v) is 9.29. The quantitative estimate of drug-likeness (QED) is 0.605. The Labute approximate surface area is 147 Å². The van der Waals surface area contributed by atoms with E-state index in [1.165, 1.54) is 18.9 Å². The van der Waals surface area contributed by atoms with Crippen molar-refractivity contribution in [3.63, 3.8) is 0 Å². The summed E-state index contributed by atoms with van der Waals surface area (Å²) >= 11 is 0. The number of ketones is 1. The summed E-state index contributed by atoms with van der Waals surface area (Å²) in [6, 6.07) is 0. The van der Waals surface area contributed by atoms with Gasteiger partial charge < -0.3 is 15.3 Å². The van der Waals surface area contributed by atoms with Crippen molar-refractivity contribution in [2.75, 3.05) is 0 Å². The number of aliphatic hydroxyl groups is 3. The van der Waals surface area contributed by atoms with Gasteiger partial charge in [0.05, 0.1) is 6.10 Å². The van der Waals surface area contributed by atoms with E-state index in [1.54, 1.807) is 13.8 Å². The molecule has 1 rings (SSSR count). The smallest absolute Gasteiger partial charge is 0.161 e. The highest BCUT2D eigenvalue weighted by molar-refractivity contribution is 7.40. The summed E-state index contributed by atoms with van der Waals surface area (Å²) in [7, 11) is 2.24. The maximum Gasteiger partial charge on any atom is 0.161 e. The molecule has 0 saturated heterocycles. The molecule has 5 atom stereocenters. The molecule has 1 aliphatic rings. The van der Waals surface area contributed by atoms with Gasteiger partial charge in [-0.25, -0.2) is 0 Å². The van der Waals surface area contributed by atoms with Crippen molar-refractivity contribution in [3.8, 4) is 0 Å². The number of hydrogen-bond donors (Lipinski definition) is 3. The molecule has 0 aromatic rings. The minimum atomic E-state index is -1.18. The van der Waals surface area contributed by atoms with E-state index in [0.717, 1.165) is 12.8 Å². The van der Waals surface area contributed by atoms with E-state index in [4.69, 9.17) is 0 Å². The van der Waals surface area contributed by atoms with Crippen molar-refractivity contribution in [2.24, 2.45) is 11.8 Å². The van der Waals surface area contributed by atoms with Crippen molar-refractivity contribution in [2.45, 2.75) is 78.1 Å². The van der Waals surface area contributed by atoms with E-state index in [9.17, 15) is 24.9 Å². The molecule has 140 valence electrons. The van der Waals surface area contributed by atoms with Gasteiger partial charge in [0, 0.05) is 18.8 Å². The van der Waals surface area contributed by atoms with Gasteiger partial charge in [-0.15, -0.1) is 0 Å². The molecule has 0 aromatic carbocycles. The fourth-order valence-corrected chi connectivity index (χ4v) is 2.98. The zero-order valence-electron chi connectivity index (χ0n) is 15.2. The molecular weight excluding hydrogens is 327 g/mol. The molecule has 0 fully saturated rings. The van der Waals surface area contributed by atoms with Gasteiger partial charge in [0.15, 0.2) is 5.78 Å². The Hall–Kier alpha value is -0.610. The lowest BCUT2D eigenvalue weighted by molar-refractivity contribution is -0.119. The van der Waals surface area contributed by atoms with Gasteiger partial charge in [-0.2, -0.15) is 0 Å². The second kappa shape index (κ2) is 11.9. The number of carbonyl (C=O) groups excluding carboxylic acids is 2. The lowest BCUT2D eigenvalue weighted by Gasteiger charge is -2.27. The summed E-state index contributed by atoms with van der Waals surface area (Å²) in [6.07, 6.45) is 2.34. The van der Waals surface area contributed by atoms with Gasteiger partial charge in [-0.3, -0.25) is 9.59 Å². The molecule has 0 amide bonds.